The Hall–Kier alpha value is -3.18. The SMILES string of the molecule is CC(C)Cn1c(SCC(=O)Nc2ccc(C#N)cc2)nnc1-c1ccncc1. The van der Waals surface area contributed by atoms with Gasteiger partial charge in [-0.25, -0.2) is 0 Å². The largest absolute Gasteiger partial charge is 0.325 e. The summed E-state index contributed by atoms with van der Waals surface area (Å²) < 4.78 is 2.04. The van der Waals surface area contributed by atoms with Crippen molar-refractivity contribution >= 4 is 23.4 Å². The molecule has 0 bridgehead atoms. The average Bonchev–Trinajstić information content (AvgIpc) is 3.09. The Kier molecular flexibility index (Phi) is 6.40. The lowest BCUT2D eigenvalue weighted by Gasteiger charge is -2.12. The summed E-state index contributed by atoms with van der Waals surface area (Å²) in [4.78, 5) is 16.3. The quantitative estimate of drug-likeness (QED) is 0.617. The van der Waals surface area contributed by atoms with Crippen LogP contribution in [-0.2, 0) is 11.3 Å². The normalized spacial score (nSPS) is 10.6. The van der Waals surface area contributed by atoms with E-state index in [2.05, 4.69) is 40.4 Å². The number of carbonyl (C=O) groups is 1. The van der Waals surface area contributed by atoms with E-state index in [1.807, 2.05) is 16.7 Å². The fourth-order valence-electron chi connectivity index (χ4n) is 2.60. The lowest BCUT2D eigenvalue weighted by molar-refractivity contribution is -0.113. The number of anilines is 1. The number of rotatable bonds is 7. The number of hydrogen-bond donors (Lipinski definition) is 1. The summed E-state index contributed by atoms with van der Waals surface area (Å²) in [6.07, 6.45) is 3.45. The molecule has 142 valence electrons. The molecular weight excluding hydrogens is 372 g/mol. The van der Waals surface area contributed by atoms with Gasteiger partial charge in [0.1, 0.15) is 0 Å². The van der Waals surface area contributed by atoms with E-state index in [-0.39, 0.29) is 11.7 Å². The van der Waals surface area contributed by atoms with Crippen molar-refractivity contribution in [3.8, 4) is 17.5 Å². The molecule has 1 N–H and O–H groups in total. The van der Waals surface area contributed by atoms with Crippen LogP contribution in [0.1, 0.15) is 19.4 Å². The standard InChI is InChI=1S/C20H20N6OS/c1-14(2)12-26-19(16-7-9-22-10-8-16)24-25-20(26)28-13-18(27)23-17-5-3-15(11-21)4-6-17/h3-10,14H,12-13H2,1-2H3,(H,23,27). The van der Waals surface area contributed by atoms with Crippen LogP contribution in [0, 0.1) is 17.2 Å². The Morgan fingerprint density at radius 1 is 1.18 bits per heavy atom. The highest BCUT2D eigenvalue weighted by Gasteiger charge is 2.16. The van der Waals surface area contributed by atoms with E-state index in [0.29, 0.717) is 22.3 Å². The number of nitrogens with one attached hydrogen (secondary N) is 1. The monoisotopic (exact) mass is 392 g/mol. The van der Waals surface area contributed by atoms with Crippen LogP contribution in [0.4, 0.5) is 5.69 Å². The van der Waals surface area contributed by atoms with E-state index >= 15 is 0 Å². The maximum atomic E-state index is 12.3. The Morgan fingerprint density at radius 3 is 2.54 bits per heavy atom. The average molecular weight is 392 g/mol. The van der Waals surface area contributed by atoms with Crippen molar-refractivity contribution in [2.45, 2.75) is 25.5 Å². The first-order valence-corrected chi connectivity index (χ1v) is 9.82. The van der Waals surface area contributed by atoms with Crippen LogP contribution in [0.2, 0.25) is 0 Å². The molecule has 0 radical (unpaired) electrons. The zero-order valence-electron chi connectivity index (χ0n) is 15.7. The van der Waals surface area contributed by atoms with Crippen molar-refractivity contribution in [3.63, 3.8) is 0 Å². The van der Waals surface area contributed by atoms with Gasteiger partial charge in [0.15, 0.2) is 11.0 Å². The third-order valence-corrected chi connectivity index (χ3v) is 4.80. The number of carbonyl (C=O) groups excluding carboxylic acids is 1. The van der Waals surface area contributed by atoms with Gasteiger partial charge in [0.2, 0.25) is 5.91 Å². The van der Waals surface area contributed by atoms with Gasteiger partial charge < -0.3 is 9.88 Å². The molecule has 0 fully saturated rings. The number of thioether (sulfide) groups is 1. The maximum Gasteiger partial charge on any atom is 0.234 e. The minimum atomic E-state index is -0.140. The summed E-state index contributed by atoms with van der Waals surface area (Å²) in [6, 6.07) is 12.6. The molecule has 3 rings (SSSR count). The maximum absolute atomic E-state index is 12.3. The molecule has 0 aliphatic carbocycles. The molecule has 2 aromatic heterocycles. The third kappa shape index (κ3) is 4.96. The molecular formula is C20H20N6OS. The number of nitriles is 1. The molecule has 0 spiro atoms. The first-order chi connectivity index (χ1) is 13.6. The highest BCUT2D eigenvalue weighted by molar-refractivity contribution is 7.99. The van der Waals surface area contributed by atoms with Crippen LogP contribution in [0.15, 0.2) is 53.9 Å². The zero-order valence-corrected chi connectivity index (χ0v) is 16.5. The van der Waals surface area contributed by atoms with Gasteiger partial charge >= 0.3 is 0 Å². The van der Waals surface area contributed by atoms with Crippen molar-refractivity contribution in [2.75, 3.05) is 11.1 Å². The topological polar surface area (TPSA) is 96.5 Å². The Bertz CT molecular complexity index is 976. The van der Waals surface area contributed by atoms with Crippen LogP contribution in [0.5, 0.6) is 0 Å². The van der Waals surface area contributed by atoms with Gasteiger partial charge in [-0.3, -0.25) is 9.78 Å². The van der Waals surface area contributed by atoms with Crippen LogP contribution >= 0.6 is 11.8 Å². The van der Waals surface area contributed by atoms with Gasteiger partial charge in [0, 0.05) is 30.2 Å². The smallest absolute Gasteiger partial charge is 0.234 e. The molecule has 8 heteroatoms. The summed E-state index contributed by atoms with van der Waals surface area (Å²) in [5.41, 5.74) is 2.15. The first-order valence-electron chi connectivity index (χ1n) is 8.83. The molecule has 0 atom stereocenters. The Labute approximate surface area is 167 Å². The molecule has 3 aromatic rings. The van der Waals surface area contributed by atoms with Crippen molar-refractivity contribution in [2.24, 2.45) is 5.92 Å². The molecule has 0 unspecified atom stereocenters. The number of aromatic nitrogens is 4. The Morgan fingerprint density at radius 2 is 1.89 bits per heavy atom. The molecule has 1 aromatic carbocycles. The summed E-state index contributed by atoms with van der Waals surface area (Å²) >= 11 is 1.35. The summed E-state index contributed by atoms with van der Waals surface area (Å²) in [6.45, 7) is 5.01. The second-order valence-electron chi connectivity index (χ2n) is 6.57. The number of benzene rings is 1. The fourth-order valence-corrected chi connectivity index (χ4v) is 3.34. The van der Waals surface area contributed by atoms with E-state index < -0.39 is 0 Å². The van der Waals surface area contributed by atoms with E-state index in [1.165, 1.54) is 11.8 Å². The second kappa shape index (κ2) is 9.15. The predicted molar refractivity (Wildman–Crippen MR) is 109 cm³/mol. The predicted octanol–water partition coefficient (Wildman–Crippen LogP) is 3.60. The van der Waals surface area contributed by atoms with Gasteiger partial charge in [0.05, 0.1) is 17.4 Å². The van der Waals surface area contributed by atoms with Crippen LogP contribution in [-0.4, -0.2) is 31.4 Å². The summed E-state index contributed by atoms with van der Waals surface area (Å²) in [5, 5.41) is 21.0. The lowest BCUT2D eigenvalue weighted by atomic mass is 10.2. The highest BCUT2D eigenvalue weighted by Crippen LogP contribution is 2.25. The van der Waals surface area contributed by atoms with Crippen molar-refractivity contribution in [1.29, 1.82) is 5.26 Å². The second-order valence-corrected chi connectivity index (χ2v) is 7.52. The number of hydrogen-bond acceptors (Lipinski definition) is 6. The molecule has 0 aliphatic rings. The first kappa shape index (κ1) is 19.6. The van der Waals surface area contributed by atoms with E-state index in [0.717, 1.165) is 17.9 Å². The third-order valence-electron chi connectivity index (χ3n) is 3.83. The van der Waals surface area contributed by atoms with Crippen molar-refractivity contribution in [3.05, 3.63) is 54.4 Å². The summed E-state index contributed by atoms with van der Waals surface area (Å²) in [7, 11) is 0. The van der Waals surface area contributed by atoms with Gasteiger partial charge in [0.25, 0.3) is 0 Å². The van der Waals surface area contributed by atoms with Gasteiger partial charge in [-0.15, -0.1) is 10.2 Å². The van der Waals surface area contributed by atoms with Crippen molar-refractivity contribution < 1.29 is 4.79 Å². The van der Waals surface area contributed by atoms with Gasteiger partial charge in [-0.1, -0.05) is 25.6 Å². The molecule has 0 aliphatic heterocycles. The fraction of sp³-hybridized carbons (Fsp3) is 0.250. The lowest BCUT2D eigenvalue weighted by Crippen LogP contribution is -2.15. The van der Waals surface area contributed by atoms with E-state index in [1.54, 1.807) is 36.7 Å². The van der Waals surface area contributed by atoms with Crippen LogP contribution in [0.3, 0.4) is 0 Å². The van der Waals surface area contributed by atoms with Crippen LogP contribution < -0.4 is 5.32 Å². The van der Waals surface area contributed by atoms with E-state index in [9.17, 15) is 4.79 Å². The molecule has 1 amide bonds. The molecule has 2 heterocycles. The molecule has 0 saturated carbocycles. The van der Waals surface area contributed by atoms with Gasteiger partial charge in [-0.2, -0.15) is 5.26 Å². The summed E-state index contributed by atoms with van der Waals surface area (Å²) in [5.74, 6) is 1.25. The van der Waals surface area contributed by atoms with Gasteiger partial charge in [-0.05, 0) is 42.3 Å². The highest BCUT2D eigenvalue weighted by atomic mass is 32.2. The Balaban J connectivity index is 1.70. The van der Waals surface area contributed by atoms with E-state index in [4.69, 9.17) is 5.26 Å². The van der Waals surface area contributed by atoms with Crippen molar-refractivity contribution in [1.82, 2.24) is 19.7 Å². The molecule has 0 saturated heterocycles. The molecule has 7 nitrogen and oxygen atoms in total. The minimum absolute atomic E-state index is 0.140. The minimum Gasteiger partial charge on any atom is -0.325 e. The zero-order chi connectivity index (χ0) is 19.9. The number of pyridine rings is 1. The number of nitrogens with zero attached hydrogens (tertiary/aromatic N) is 5. The number of amides is 1. The molecule has 28 heavy (non-hydrogen) atoms. The van der Waals surface area contributed by atoms with Crippen LogP contribution in [0.25, 0.3) is 11.4 Å².